The summed E-state index contributed by atoms with van der Waals surface area (Å²) in [5, 5.41) is 9.37. The molecule has 0 amide bonds. The van der Waals surface area contributed by atoms with Gasteiger partial charge in [0.1, 0.15) is 11.6 Å². The second-order valence-corrected chi connectivity index (χ2v) is 4.61. The van der Waals surface area contributed by atoms with Gasteiger partial charge in [0.25, 0.3) is 0 Å². The molecule has 0 saturated heterocycles. The van der Waals surface area contributed by atoms with Gasteiger partial charge in [-0.2, -0.15) is 0 Å². The number of rotatable bonds is 3. The van der Waals surface area contributed by atoms with Crippen molar-refractivity contribution in [1.82, 2.24) is 9.97 Å². The largest absolute Gasteiger partial charge is 0.478 e. The van der Waals surface area contributed by atoms with Crippen LogP contribution in [0.2, 0.25) is 0 Å². The summed E-state index contributed by atoms with van der Waals surface area (Å²) in [6.45, 7) is 0. The number of aromatic nitrogens is 2. The highest BCUT2D eigenvalue weighted by Gasteiger charge is 2.15. The van der Waals surface area contributed by atoms with Crippen LogP contribution in [0.3, 0.4) is 0 Å². The van der Waals surface area contributed by atoms with Gasteiger partial charge in [-0.05, 0) is 23.9 Å². The molecular formula is C11H11N5O2S. The number of aromatic carboxylic acids is 1. The number of hydrogen-bond donors (Lipinski definition) is 4. The molecule has 7 nitrogen and oxygen atoms in total. The molecule has 0 unspecified atom stereocenters. The number of nitrogen functional groups attached to an aromatic ring is 3. The molecule has 2 aromatic rings. The molecule has 0 saturated carbocycles. The smallest absolute Gasteiger partial charge is 0.336 e. The first kappa shape index (κ1) is 13.0. The molecule has 0 aliphatic carbocycles. The number of carboxylic acids is 1. The average molecular weight is 277 g/mol. The second-order valence-electron chi connectivity index (χ2n) is 3.63. The van der Waals surface area contributed by atoms with E-state index in [2.05, 4.69) is 9.97 Å². The quantitative estimate of drug-likeness (QED) is 0.482. The monoisotopic (exact) mass is 277 g/mol. The van der Waals surface area contributed by atoms with Gasteiger partial charge in [0.15, 0.2) is 5.16 Å². The molecule has 7 N–H and O–H groups in total. The first-order chi connectivity index (χ1) is 8.97. The molecule has 0 bridgehead atoms. The Balaban J connectivity index is 2.45. The van der Waals surface area contributed by atoms with Crippen LogP contribution < -0.4 is 17.2 Å². The van der Waals surface area contributed by atoms with Crippen molar-refractivity contribution in [3.63, 3.8) is 0 Å². The van der Waals surface area contributed by atoms with E-state index in [1.54, 1.807) is 12.1 Å². The number of nitrogens with two attached hydrogens (primary N) is 3. The van der Waals surface area contributed by atoms with Gasteiger partial charge in [-0.1, -0.05) is 6.07 Å². The van der Waals surface area contributed by atoms with Gasteiger partial charge in [-0.25, -0.2) is 14.8 Å². The van der Waals surface area contributed by atoms with E-state index in [0.29, 0.717) is 10.6 Å². The summed E-state index contributed by atoms with van der Waals surface area (Å²) in [6.07, 6.45) is 0. The van der Waals surface area contributed by atoms with Crippen molar-refractivity contribution in [2.75, 3.05) is 17.2 Å². The second kappa shape index (κ2) is 5.02. The van der Waals surface area contributed by atoms with Crippen LogP contribution in [0.5, 0.6) is 0 Å². The zero-order chi connectivity index (χ0) is 14.0. The van der Waals surface area contributed by atoms with Crippen molar-refractivity contribution in [1.29, 1.82) is 0 Å². The molecule has 1 aromatic carbocycles. The maximum absolute atomic E-state index is 11.1. The number of benzene rings is 1. The number of carbonyl (C=O) groups is 1. The standard InChI is InChI=1S/C11H11N5O2S/c12-6-3-1-2-5(10(17)18)9(6)19-11-15-7(13)4-8(14)16-11/h1-4H,12H2,(H,17,18)(H4,13,14,15,16). The molecule has 19 heavy (non-hydrogen) atoms. The van der Waals surface area contributed by atoms with Gasteiger partial charge in [0.05, 0.1) is 10.5 Å². The lowest BCUT2D eigenvalue weighted by atomic mass is 10.2. The van der Waals surface area contributed by atoms with Crippen molar-refractivity contribution >= 4 is 35.1 Å². The normalized spacial score (nSPS) is 10.3. The molecule has 0 atom stereocenters. The molecule has 0 aliphatic heterocycles. The predicted molar refractivity (Wildman–Crippen MR) is 72.8 cm³/mol. The first-order valence-electron chi connectivity index (χ1n) is 5.17. The van der Waals surface area contributed by atoms with E-state index in [1.807, 2.05) is 0 Å². The van der Waals surface area contributed by atoms with Gasteiger partial charge >= 0.3 is 5.97 Å². The molecular weight excluding hydrogens is 266 g/mol. The third-order valence-electron chi connectivity index (χ3n) is 2.21. The highest BCUT2D eigenvalue weighted by atomic mass is 32.2. The molecule has 8 heteroatoms. The Bertz CT molecular complexity index is 627. The third-order valence-corrected chi connectivity index (χ3v) is 3.24. The molecule has 98 valence electrons. The highest BCUT2D eigenvalue weighted by molar-refractivity contribution is 7.99. The van der Waals surface area contributed by atoms with Crippen molar-refractivity contribution in [2.45, 2.75) is 10.1 Å². The lowest BCUT2D eigenvalue weighted by Crippen LogP contribution is -2.03. The van der Waals surface area contributed by atoms with Crippen LogP contribution in [0, 0.1) is 0 Å². The fraction of sp³-hybridized carbons (Fsp3) is 0. The van der Waals surface area contributed by atoms with Gasteiger partial charge in [-0.15, -0.1) is 0 Å². The van der Waals surface area contributed by atoms with Crippen LogP contribution >= 0.6 is 11.8 Å². The summed E-state index contributed by atoms with van der Waals surface area (Å²) in [5.74, 6) is -0.658. The predicted octanol–water partition coefficient (Wildman–Crippen LogP) is 1.07. The van der Waals surface area contributed by atoms with E-state index >= 15 is 0 Å². The summed E-state index contributed by atoms with van der Waals surface area (Å²) in [5.41, 5.74) is 17.3. The van der Waals surface area contributed by atoms with Crippen molar-refractivity contribution in [3.8, 4) is 0 Å². The average Bonchev–Trinajstić information content (AvgIpc) is 2.30. The minimum absolute atomic E-state index is 0.0783. The van der Waals surface area contributed by atoms with Crippen LogP contribution in [-0.2, 0) is 0 Å². The number of anilines is 3. The molecule has 2 rings (SSSR count). The maximum atomic E-state index is 11.1. The Labute approximate surface area is 112 Å². The van der Waals surface area contributed by atoms with E-state index in [1.165, 1.54) is 12.1 Å². The molecule has 0 spiro atoms. The molecule has 0 fully saturated rings. The summed E-state index contributed by atoms with van der Waals surface area (Å²) in [4.78, 5) is 19.4. The van der Waals surface area contributed by atoms with Gasteiger partial charge in [0.2, 0.25) is 0 Å². The SMILES string of the molecule is Nc1cc(N)nc(Sc2c(N)cccc2C(=O)O)n1. The third kappa shape index (κ3) is 2.86. The fourth-order valence-corrected chi connectivity index (χ4v) is 2.37. The van der Waals surface area contributed by atoms with E-state index in [9.17, 15) is 4.79 Å². The van der Waals surface area contributed by atoms with Crippen LogP contribution in [0.1, 0.15) is 10.4 Å². The van der Waals surface area contributed by atoms with E-state index in [-0.39, 0.29) is 22.4 Å². The van der Waals surface area contributed by atoms with Gasteiger partial charge < -0.3 is 22.3 Å². The molecule has 0 aliphatic rings. The number of nitrogens with zero attached hydrogens (tertiary/aromatic N) is 2. The van der Waals surface area contributed by atoms with Crippen molar-refractivity contribution < 1.29 is 9.90 Å². The summed E-state index contributed by atoms with van der Waals surface area (Å²) in [7, 11) is 0. The number of hydrogen-bond acceptors (Lipinski definition) is 7. The zero-order valence-corrected chi connectivity index (χ0v) is 10.5. The molecule has 1 heterocycles. The summed E-state index contributed by atoms with van der Waals surface area (Å²) in [6, 6.07) is 6.04. The Kier molecular flexibility index (Phi) is 3.43. The van der Waals surface area contributed by atoms with Crippen molar-refractivity contribution in [2.24, 2.45) is 0 Å². The van der Waals surface area contributed by atoms with Crippen LogP contribution in [0.4, 0.5) is 17.3 Å². The van der Waals surface area contributed by atoms with Gasteiger partial charge in [-0.3, -0.25) is 0 Å². The Morgan fingerprint density at radius 2 is 1.79 bits per heavy atom. The summed E-state index contributed by atoms with van der Waals surface area (Å²) < 4.78 is 0. The molecule has 1 aromatic heterocycles. The Morgan fingerprint density at radius 1 is 1.16 bits per heavy atom. The van der Waals surface area contributed by atoms with E-state index in [0.717, 1.165) is 11.8 Å². The van der Waals surface area contributed by atoms with Crippen LogP contribution in [0.25, 0.3) is 0 Å². The lowest BCUT2D eigenvalue weighted by molar-refractivity contribution is 0.0693. The molecule has 0 radical (unpaired) electrons. The van der Waals surface area contributed by atoms with Gasteiger partial charge in [0, 0.05) is 11.8 Å². The fourth-order valence-electron chi connectivity index (χ4n) is 1.44. The van der Waals surface area contributed by atoms with E-state index in [4.69, 9.17) is 22.3 Å². The van der Waals surface area contributed by atoms with Crippen LogP contribution in [-0.4, -0.2) is 21.0 Å². The minimum Gasteiger partial charge on any atom is -0.478 e. The van der Waals surface area contributed by atoms with Crippen LogP contribution in [0.15, 0.2) is 34.3 Å². The first-order valence-corrected chi connectivity index (χ1v) is 5.98. The maximum Gasteiger partial charge on any atom is 0.336 e. The topological polar surface area (TPSA) is 141 Å². The number of carboxylic acid groups (broad SMARTS) is 1. The Morgan fingerprint density at radius 3 is 2.37 bits per heavy atom. The van der Waals surface area contributed by atoms with E-state index < -0.39 is 5.97 Å². The lowest BCUT2D eigenvalue weighted by Gasteiger charge is -2.08. The summed E-state index contributed by atoms with van der Waals surface area (Å²) >= 11 is 1.01. The van der Waals surface area contributed by atoms with Crippen molar-refractivity contribution in [3.05, 3.63) is 29.8 Å². The Hall–Kier alpha value is -2.48. The minimum atomic E-state index is -1.08. The highest BCUT2D eigenvalue weighted by Crippen LogP contribution is 2.33. The zero-order valence-electron chi connectivity index (χ0n) is 9.70.